The van der Waals surface area contributed by atoms with Crippen LogP contribution in [0.5, 0.6) is 0 Å². The predicted octanol–water partition coefficient (Wildman–Crippen LogP) is 11.9. The maximum Gasteiger partial charge on any atom is 0.0795 e. The number of thiophene rings is 1. The first-order valence-corrected chi connectivity index (χ1v) is 20.8. The van der Waals surface area contributed by atoms with Crippen molar-refractivity contribution in [2.75, 3.05) is 0 Å². The summed E-state index contributed by atoms with van der Waals surface area (Å²) in [5, 5.41) is 4.05. The van der Waals surface area contributed by atoms with Crippen LogP contribution < -0.4 is 5.19 Å². The minimum Gasteiger partial charge on any atom is -0.305 e. The number of rotatable bonds is 6. The van der Waals surface area contributed by atoms with Crippen LogP contribution >= 0.6 is 11.3 Å². The normalized spacial score (nSPS) is 11.4. The summed E-state index contributed by atoms with van der Waals surface area (Å²) in [4.78, 5) is 9.27. The molecule has 3 aromatic heterocycles. The summed E-state index contributed by atoms with van der Waals surface area (Å²) >= 11 is 1.89. The second kappa shape index (κ2) is 15.2. The third kappa shape index (κ3) is 7.61. The van der Waals surface area contributed by atoms with E-state index in [-0.39, 0.29) is 20.1 Å². The van der Waals surface area contributed by atoms with Crippen molar-refractivity contribution in [1.82, 2.24) is 9.97 Å². The Labute approximate surface area is 304 Å². The first-order valence-electron chi connectivity index (χ1n) is 16.5. The smallest absolute Gasteiger partial charge is 0.0795 e. The average molecular weight is 839 g/mol. The average Bonchev–Trinajstić information content (AvgIpc) is 3.48. The molecular weight excluding hydrogens is 797 g/mol. The SMILES string of the molecule is CC(C)c1ccnc(-c2[c-]cc(-c3ccccc3)c3c2sc2c(C(C)C)cccc23)c1.C[Si](C)(C)c1ccc(-c2[c-]cccc2)nc1.[Ir]. The van der Waals surface area contributed by atoms with Crippen LogP contribution in [-0.4, -0.2) is 18.0 Å². The zero-order valence-electron chi connectivity index (χ0n) is 28.8. The van der Waals surface area contributed by atoms with E-state index in [1.807, 2.05) is 48.0 Å². The molecular formula is C43H42IrN2SSi-2. The summed E-state index contributed by atoms with van der Waals surface area (Å²) in [6.45, 7) is 16.0. The van der Waals surface area contributed by atoms with Crippen molar-refractivity contribution in [1.29, 1.82) is 0 Å². The van der Waals surface area contributed by atoms with E-state index < -0.39 is 8.07 Å². The number of fused-ring (bicyclic) bond motifs is 3. The van der Waals surface area contributed by atoms with Crippen molar-refractivity contribution in [3.63, 3.8) is 0 Å². The van der Waals surface area contributed by atoms with Gasteiger partial charge in [-0.3, -0.25) is 0 Å². The van der Waals surface area contributed by atoms with Gasteiger partial charge in [-0.15, -0.1) is 53.6 Å². The predicted molar refractivity (Wildman–Crippen MR) is 207 cm³/mol. The summed E-state index contributed by atoms with van der Waals surface area (Å²) in [6, 6.07) is 43.0. The van der Waals surface area contributed by atoms with Crippen molar-refractivity contribution in [3.8, 4) is 33.6 Å². The van der Waals surface area contributed by atoms with Gasteiger partial charge in [0, 0.05) is 37.2 Å². The minimum atomic E-state index is -1.23. The molecule has 0 bridgehead atoms. The molecule has 0 aliphatic heterocycles. The largest absolute Gasteiger partial charge is 0.305 e. The summed E-state index contributed by atoms with van der Waals surface area (Å²) < 4.78 is 2.66. The molecule has 0 aliphatic rings. The van der Waals surface area contributed by atoms with Gasteiger partial charge in [-0.2, -0.15) is 11.3 Å². The maximum atomic E-state index is 4.75. The molecule has 0 spiro atoms. The van der Waals surface area contributed by atoms with Crippen LogP contribution in [0.25, 0.3) is 53.8 Å². The van der Waals surface area contributed by atoms with E-state index in [0.717, 1.165) is 22.5 Å². The van der Waals surface area contributed by atoms with Crippen molar-refractivity contribution in [2.24, 2.45) is 0 Å². The Morgan fingerprint density at radius 3 is 2.12 bits per heavy atom. The fourth-order valence-corrected chi connectivity index (χ4v) is 8.38. The van der Waals surface area contributed by atoms with Crippen LogP contribution in [0.3, 0.4) is 0 Å². The summed E-state index contributed by atoms with van der Waals surface area (Å²) in [5.41, 5.74) is 9.37. The number of aromatic nitrogens is 2. The fourth-order valence-electron chi connectivity index (χ4n) is 5.85. The summed E-state index contributed by atoms with van der Waals surface area (Å²) in [5.74, 6) is 0.947. The van der Waals surface area contributed by atoms with Crippen molar-refractivity contribution in [2.45, 2.75) is 59.2 Å². The van der Waals surface area contributed by atoms with Gasteiger partial charge in [-0.05, 0) is 50.1 Å². The Balaban J connectivity index is 0.000000224. The minimum absolute atomic E-state index is 0. The molecule has 4 aromatic carbocycles. The molecule has 245 valence electrons. The van der Waals surface area contributed by atoms with Gasteiger partial charge >= 0.3 is 0 Å². The van der Waals surface area contributed by atoms with Gasteiger partial charge in [-0.25, -0.2) is 0 Å². The van der Waals surface area contributed by atoms with E-state index in [4.69, 9.17) is 4.98 Å². The molecule has 0 atom stereocenters. The van der Waals surface area contributed by atoms with E-state index >= 15 is 0 Å². The molecule has 0 unspecified atom stereocenters. The Hall–Kier alpha value is -3.73. The van der Waals surface area contributed by atoms with Gasteiger partial charge < -0.3 is 9.97 Å². The van der Waals surface area contributed by atoms with Gasteiger partial charge in [-0.1, -0.05) is 136 Å². The van der Waals surface area contributed by atoms with Crippen LogP contribution in [0, 0.1) is 12.1 Å². The third-order valence-electron chi connectivity index (χ3n) is 8.63. The van der Waals surface area contributed by atoms with E-state index in [2.05, 4.69) is 143 Å². The van der Waals surface area contributed by atoms with Crippen molar-refractivity contribution >= 4 is 44.8 Å². The standard InChI is InChI=1S/C29H26NS.C14H16NSi.Ir/c1-18(2)21-15-16-30-26(17-21)24-14-13-23(20-9-6-5-7-10-20)27-25-12-8-11-22(19(3)4)28(25)31-29(24)27;1-16(2,3)13-9-10-14(15-11-13)12-7-5-4-6-8-12;/h5-13,15-19H,1-4H3;4-7,9-11H,1-3H3;/q2*-1;. The molecule has 0 fully saturated rings. The van der Waals surface area contributed by atoms with Crippen molar-refractivity contribution in [3.05, 3.63) is 139 Å². The summed E-state index contributed by atoms with van der Waals surface area (Å²) in [6.07, 6.45) is 3.95. The van der Waals surface area contributed by atoms with Crippen LogP contribution in [0.1, 0.15) is 50.7 Å². The molecule has 0 saturated carbocycles. The number of pyridine rings is 2. The summed E-state index contributed by atoms with van der Waals surface area (Å²) in [7, 11) is -1.23. The molecule has 7 aromatic rings. The monoisotopic (exact) mass is 839 g/mol. The van der Waals surface area contributed by atoms with Gasteiger partial charge in [0.15, 0.2) is 0 Å². The zero-order valence-corrected chi connectivity index (χ0v) is 33.0. The molecule has 48 heavy (non-hydrogen) atoms. The Morgan fingerprint density at radius 2 is 1.48 bits per heavy atom. The number of nitrogens with zero attached hydrogens (tertiary/aromatic N) is 2. The van der Waals surface area contributed by atoms with E-state index in [0.29, 0.717) is 11.8 Å². The maximum absolute atomic E-state index is 4.75. The van der Waals surface area contributed by atoms with Crippen LogP contribution in [0.4, 0.5) is 0 Å². The van der Waals surface area contributed by atoms with Gasteiger partial charge in [0.05, 0.1) is 8.07 Å². The molecule has 7 rings (SSSR count). The van der Waals surface area contributed by atoms with E-state index in [9.17, 15) is 0 Å². The number of hydrogen-bond acceptors (Lipinski definition) is 3. The van der Waals surface area contributed by atoms with Gasteiger partial charge in [0.25, 0.3) is 0 Å². The first-order chi connectivity index (χ1) is 22.6. The van der Waals surface area contributed by atoms with Crippen LogP contribution in [-0.2, 0) is 20.1 Å². The topological polar surface area (TPSA) is 25.8 Å². The van der Waals surface area contributed by atoms with Gasteiger partial charge in [0.2, 0.25) is 0 Å². The molecule has 0 N–H and O–H groups in total. The molecule has 0 amide bonds. The molecule has 2 nitrogen and oxygen atoms in total. The van der Waals surface area contributed by atoms with Crippen LogP contribution in [0.2, 0.25) is 19.6 Å². The number of benzene rings is 4. The first kappa shape index (κ1) is 35.6. The molecule has 0 saturated heterocycles. The Bertz CT molecular complexity index is 2110. The van der Waals surface area contributed by atoms with E-state index in [1.165, 1.54) is 47.6 Å². The molecule has 0 aliphatic carbocycles. The van der Waals surface area contributed by atoms with Crippen molar-refractivity contribution < 1.29 is 20.1 Å². The Morgan fingerprint density at radius 1 is 0.708 bits per heavy atom. The van der Waals surface area contributed by atoms with Crippen LogP contribution in [0.15, 0.2) is 116 Å². The Kier molecular flexibility index (Phi) is 11.3. The quantitative estimate of drug-likeness (QED) is 0.123. The second-order valence-corrected chi connectivity index (χ2v) is 19.8. The van der Waals surface area contributed by atoms with E-state index in [1.54, 1.807) is 0 Å². The van der Waals surface area contributed by atoms with Gasteiger partial charge in [0.1, 0.15) is 0 Å². The molecule has 5 heteroatoms. The third-order valence-corrected chi connectivity index (χ3v) is 11.9. The molecule has 1 radical (unpaired) electrons. The molecule has 3 heterocycles. The second-order valence-electron chi connectivity index (χ2n) is 13.7. The number of hydrogen-bond donors (Lipinski definition) is 0. The zero-order chi connectivity index (χ0) is 33.1. The fraction of sp³-hybridized carbons (Fsp3) is 0.209.